The van der Waals surface area contributed by atoms with E-state index >= 15 is 4.39 Å². The Hall–Kier alpha value is -3.08. The highest BCUT2D eigenvalue weighted by Crippen LogP contribution is 2.37. The second kappa shape index (κ2) is 7.56. The molecule has 0 amide bonds. The second-order valence-corrected chi connectivity index (χ2v) is 8.71. The molecule has 0 bridgehead atoms. The molecule has 31 heavy (non-hydrogen) atoms. The van der Waals surface area contributed by atoms with Crippen LogP contribution >= 0.6 is 0 Å². The zero-order valence-corrected chi connectivity index (χ0v) is 18.2. The maximum atomic E-state index is 15.8. The fourth-order valence-corrected chi connectivity index (χ4v) is 3.46. The van der Waals surface area contributed by atoms with E-state index in [1.54, 1.807) is 6.07 Å². The average Bonchev–Trinajstić information content (AvgIpc) is 2.95. The van der Waals surface area contributed by atoms with Crippen LogP contribution in [0.5, 0.6) is 0 Å². The Labute approximate surface area is 182 Å². The van der Waals surface area contributed by atoms with Crippen LogP contribution in [0.4, 0.5) is 4.39 Å². The summed E-state index contributed by atoms with van der Waals surface area (Å²) in [5.74, 6) is -0.0239. The van der Waals surface area contributed by atoms with Crippen LogP contribution < -0.4 is 5.46 Å². The molecule has 0 N–H and O–H groups in total. The summed E-state index contributed by atoms with van der Waals surface area (Å²) >= 11 is 0. The summed E-state index contributed by atoms with van der Waals surface area (Å²) in [4.78, 5) is 9.08. The van der Waals surface area contributed by atoms with Crippen molar-refractivity contribution in [3.63, 3.8) is 0 Å². The van der Waals surface area contributed by atoms with Gasteiger partial charge in [0.05, 0.1) is 28.5 Å². The highest BCUT2D eigenvalue weighted by molar-refractivity contribution is 6.62. The van der Waals surface area contributed by atoms with Crippen LogP contribution in [0, 0.1) is 24.1 Å². The van der Waals surface area contributed by atoms with Crippen molar-refractivity contribution in [2.75, 3.05) is 0 Å². The molecule has 2 aromatic carbocycles. The molecule has 0 aliphatic carbocycles. The Morgan fingerprint density at radius 3 is 2.23 bits per heavy atom. The number of aromatic nitrogens is 2. The summed E-state index contributed by atoms with van der Waals surface area (Å²) in [6.45, 7) is 9.44. The van der Waals surface area contributed by atoms with Crippen molar-refractivity contribution in [2.24, 2.45) is 0 Å². The number of aryl methyl sites for hydroxylation is 1. The normalized spacial score (nSPS) is 16.9. The summed E-state index contributed by atoms with van der Waals surface area (Å²) in [6.07, 6.45) is 0. The van der Waals surface area contributed by atoms with E-state index in [0.29, 0.717) is 22.8 Å². The third kappa shape index (κ3) is 3.85. The van der Waals surface area contributed by atoms with E-state index in [2.05, 4.69) is 16.0 Å². The average molecular weight is 415 g/mol. The molecule has 1 fully saturated rings. The first-order chi connectivity index (χ1) is 14.6. The lowest BCUT2D eigenvalue weighted by Crippen LogP contribution is -2.41. The van der Waals surface area contributed by atoms with Crippen molar-refractivity contribution in [3.8, 4) is 28.7 Å². The molecule has 2 heterocycles. The SMILES string of the molecule is Cc1cc(-c2cc(C#N)cc(B3OC(C)(C)C(C)(C)O3)c2F)nc(-c2ccccc2)n1. The number of rotatable bonds is 3. The zero-order valence-electron chi connectivity index (χ0n) is 18.2. The lowest BCUT2D eigenvalue weighted by atomic mass is 9.76. The van der Waals surface area contributed by atoms with Crippen molar-refractivity contribution < 1.29 is 13.7 Å². The molecular weight excluding hydrogens is 392 g/mol. The summed E-state index contributed by atoms with van der Waals surface area (Å²) in [5.41, 5.74) is 1.38. The molecule has 0 unspecified atom stereocenters. The number of benzene rings is 2. The third-order valence-electron chi connectivity index (χ3n) is 5.90. The minimum Gasteiger partial charge on any atom is -0.399 e. The van der Waals surface area contributed by atoms with Crippen molar-refractivity contribution in [3.05, 3.63) is 65.6 Å². The molecule has 5 nitrogen and oxygen atoms in total. The van der Waals surface area contributed by atoms with Gasteiger partial charge in [0, 0.05) is 22.3 Å². The Balaban J connectivity index is 1.85. The smallest absolute Gasteiger partial charge is 0.399 e. The first-order valence-corrected chi connectivity index (χ1v) is 10.1. The fourth-order valence-electron chi connectivity index (χ4n) is 3.46. The monoisotopic (exact) mass is 415 g/mol. The molecule has 1 aliphatic heterocycles. The van der Waals surface area contributed by atoms with Crippen LogP contribution in [-0.2, 0) is 9.31 Å². The maximum Gasteiger partial charge on any atom is 0.497 e. The van der Waals surface area contributed by atoms with Crippen molar-refractivity contribution in [2.45, 2.75) is 45.8 Å². The summed E-state index contributed by atoms with van der Waals surface area (Å²) in [7, 11) is -0.923. The topological polar surface area (TPSA) is 68.0 Å². The van der Waals surface area contributed by atoms with Crippen LogP contribution in [-0.4, -0.2) is 28.3 Å². The van der Waals surface area contributed by atoms with Gasteiger partial charge in [0.15, 0.2) is 5.82 Å². The van der Waals surface area contributed by atoms with Gasteiger partial charge in [-0.15, -0.1) is 0 Å². The molecule has 0 atom stereocenters. The Bertz CT molecular complexity index is 1170. The Morgan fingerprint density at radius 2 is 1.61 bits per heavy atom. The van der Waals surface area contributed by atoms with Gasteiger partial charge >= 0.3 is 7.12 Å². The van der Waals surface area contributed by atoms with Gasteiger partial charge in [-0.3, -0.25) is 0 Å². The predicted molar refractivity (Wildman–Crippen MR) is 118 cm³/mol. The van der Waals surface area contributed by atoms with Crippen molar-refractivity contribution in [1.82, 2.24) is 9.97 Å². The van der Waals surface area contributed by atoms with E-state index in [-0.39, 0.29) is 11.0 Å². The first kappa shape index (κ1) is 21.2. The Morgan fingerprint density at radius 1 is 0.968 bits per heavy atom. The molecular formula is C24H23BFN3O2. The summed E-state index contributed by atoms with van der Waals surface area (Å²) < 4.78 is 27.8. The lowest BCUT2D eigenvalue weighted by molar-refractivity contribution is 0.00578. The molecule has 3 aromatic rings. The highest BCUT2D eigenvalue weighted by atomic mass is 19.1. The van der Waals surface area contributed by atoms with E-state index in [4.69, 9.17) is 9.31 Å². The molecule has 1 aliphatic rings. The molecule has 7 heteroatoms. The van der Waals surface area contributed by atoms with Gasteiger partial charge in [-0.2, -0.15) is 5.26 Å². The lowest BCUT2D eigenvalue weighted by Gasteiger charge is -2.32. The van der Waals surface area contributed by atoms with Gasteiger partial charge < -0.3 is 9.31 Å². The molecule has 156 valence electrons. The van der Waals surface area contributed by atoms with Crippen molar-refractivity contribution in [1.29, 1.82) is 5.26 Å². The van der Waals surface area contributed by atoms with Gasteiger partial charge in [-0.05, 0) is 52.8 Å². The first-order valence-electron chi connectivity index (χ1n) is 10.1. The van der Waals surface area contributed by atoms with Gasteiger partial charge in [0.2, 0.25) is 0 Å². The number of hydrogen-bond donors (Lipinski definition) is 0. The number of hydrogen-bond acceptors (Lipinski definition) is 5. The summed E-state index contributed by atoms with van der Waals surface area (Å²) in [6, 6.07) is 16.3. The molecule has 1 aromatic heterocycles. The zero-order chi connectivity index (χ0) is 22.4. The summed E-state index contributed by atoms with van der Waals surface area (Å²) in [5, 5.41) is 9.57. The Kier molecular flexibility index (Phi) is 5.16. The molecule has 0 radical (unpaired) electrons. The number of halogens is 1. The van der Waals surface area contributed by atoms with Crippen LogP contribution in [0.3, 0.4) is 0 Å². The van der Waals surface area contributed by atoms with Crippen LogP contribution in [0.2, 0.25) is 0 Å². The van der Waals surface area contributed by atoms with Crippen molar-refractivity contribution >= 4 is 12.6 Å². The quantitative estimate of drug-likeness (QED) is 0.592. The van der Waals surface area contributed by atoms with E-state index in [1.165, 1.54) is 12.1 Å². The van der Waals surface area contributed by atoms with Gasteiger partial charge in [0.25, 0.3) is 0 Å². The minimum absolute atomic E-state index is 0.185. The second-order valence-electron chi connectivity index (χ2n) is 8.71. The fraction of sp³-hybridized carbons (Fsp3) is 0.292. The van der Waals surface area contributed by atoms with E-state index < -0.39 is 24.1 Å². The van der Waals surface area contributed by atoms with Gasteiger partial charge in [-0.25, -0.2) is 14.4 Å². The van der Waals surface area contributed by atoms with Crippen LogP contribution in [0.1, 0.15) is 39.0 Å². The van der Waals surface area contributed by atoms with Crippen LogP contribution in [0.25, 0.3) is 22.6 Å². The minimum atomic E-state index is -0.923. The molecule has 1 saturated heterocycles. The third-order valence-corrected chi connectivity index (χ3v) is 5.90. The van der Waals surface area contributed by atoms with Crippen LogP contribution in [0.15, 0.2) is 48.5 Å². The standard InChI is InChI=1S/C24H23BFN3O2/c1-15-11-20(29-22(28-15)17-9-7-6-8-10-17)18-12-16(14-27)13-19(21(18)26)25-30-23(2,3)24(4,5)31-25/h6-13H,1-5H3. The van der Waals surface area contributed by atoms with Gasteiger partial charge in [-0.1, -0.05) is 30.3 Å². The van der Waals surface area contributed by atoms with E-state index in [0.717, 1.165) is 5.56 Å². The molecule has 4 rings (SSSR count). The van der Waals surface area contributed by atoms with E-state index in [9.17, 15) is 5.26 Å². The number of nitrogens with zero attached hydrogens (tertiary/aromatic N) is 3. The highest BCUT2D eigenvalue weighted by Gasteiger charge is 2.52. The van der Waals surface area contributed by atoms with Gasteiger partial charge in [0.1, 0.15) is 5.82 Å². The molecule has 0 saturated carbocycles. The predicted octanol–water partition coefficient (Wildman–Crippen LogP) is 4.43. The molecule has 0 spiro atoms. The largest absolute Gasteiger partial charge is 0.497 e. The van der Waals surface area contributed by atoms with E-state index in [1.807, 2.05) is 65.0 Å². The number of nitriles is 1. The maximum absolute atomic E-state index is 15.8.